The largest absolute Gasteiger partial charge is 0.397 e. The Hall–Kier alpha value is -2.20. The molecule has 20 heavy (non-hydrogen) atoms. The molecule has 0 aromatic heterocycles. The molecule has 0 aliphatic carbocycles. The molecule has 0 atom stereocenters. The molecule has 3 N–H and O–H groups in total. The number of carbonyl (C=O) groups is 1. The van der Waals surface area contributed by atoms with Crippen LogP contribution in [0.4, 0.5) is 17.1 Å². The van der Waals surface area contributed by atoms with Crippen LogP contribution < -0.4 is 16.0 Å². The second-order valence-corrected chi connectivity index (χ2v) is 5.01. The molecule has 0 spiro atoms. The summed E-state index contributed by atoms with van der Waals surface area (Å²) in [5, 5.41) is 3.19. The minimum atomic E-state index is -0.277. The minimum Gasteiger partial charge on any atom is -0.397 e. The lowest BCUT2D eigenvalue weighted by atomic mass is 10.1. The smallest absolute Gasteiger partial charge is 0.257 e. The van der Waals surface area contributed by atoms with E-state index in [0.717, 1.165) is 5.69 Å². The molecule has 4 nitrogen and oxygen atoms in total. The molecule has 0 aliphatic heterocycles. The standard InChI is InChI=1S/C15H16ClN3O/c1-19(2)11-6-3-5-10(9-11)18-15(20)12-7-4-8-13(16)14(12)17/h3-9H,17H2,1-2H3,(H,18,20). The maximum atomic E-state index is 12.2. The van der Waals surface area contributed by atoms with E-state index in [1.165, 1.54) is 0 Å². The van der Waals surface area contributed by atoms with E-state index in [1.807, 2.05) is 43.3 Å². The van der Waals surface area contributed by atoms with Gasteiger partial charge < -0.3 is 16.0 Å². The molecule has 0 aliphatic rings. The van der Waals surface area contributed by atoms with Gasteiger partial charge in [0.1, 0.15) is 0 Å². The van der Waals surface area contributed by atoms with Gasteiger partial charge in [-0.2, -0.15) is 0 Å². The number of amides is 1. The monoisotopic (exact) mass is 289 g/mol. The van der Waals surface area contributed by atoms with Crippen LogP contribution in [0.5, 0.6) is 0 Å². The van der Waals surface area contributed by atoms with Crippen LogP contribution in [0, 0.1) is 0 Å². The minimum absolute atomic E-state index is 0.277. The molecule has 0 bridgehead atoms. The summed E-state index contributed by atoms with van der Waals surface area (Å²) in [5.41, 5.74) is 8.18. The Morgan fingerprint density at radius 1 is 1.20 bits per heavy atom. The third-order valence-corrected chi connectivity index (χ3v) is 3.25. The van der Waals surface area contributed by atoms with Gasteiger partial charge in [0, 0.05) is 25.5 Å². The van der Waals surface area contributed by atoms with Crippen molar-refractivity contribution in [3.63, 3.8) is 0 Å². The van der Waals surface area contributed by atoms with E-state index in [2.05, 4.69) is 5.32 Å². The highest BCUT2D eigenvalue weighted by molar-refractivity contribution is 6.34. The van der Waals surface area contributed by atoms with Crippen molar-refractivity contribution in [2.45, 2.75) is 0 Å². The molecular weight excluding hydrogens is 274 g/mol. The highest BCUT2D eigenvalue weighted by Crippen LogP contribution is 2.24. The van der Waals surface area contributed by atoms with Gasteiger partial charge in [0.25, 0.3) is 5.91 Å². The second-order valence-electron chi connectivity index (χ2n) is 4.60. The number of hydrogen-bond acceptors (Lipinski definition) is 3. The summed E-state index contributed by atoms with van der Waals surface area (Å²) in [5.74, 6) is -0.277. The van der Waals surface area contributed by atoms with E-state index in [-0.39, 0.29) is 11.6 Å². The van der Waals surface area contributed by atoms with Crippen molar-refractivity contribution < 1.29 is 4.79 Å². The number of para-hydroxylation sites is 1. The number of nitrogens with two attached hydrogens (primary N) is 1. The molecule has 0 unspecified atom stereocenters. The molecule has 0 radical (unpaired) electrons. The number of halogens is 1. The first-order valence-corrected chi connectivity index (χ1v) is 6.49. The van der Waals surface area contributed by atoms with Crippen molar-refractivity contribution in [2.24, 2.45) is 0 Å². The third-order valence-electron chi connectivity index (χ3n) is 2.92. The Balaban J connectivity index is 2.24. The van der Waals surface area contributed by atoms with E-state index >= 15 is 0 Å². The summed E-state index contributed by atoms with van der Waals surface area (Å²) < 4.78 is 0. The Labute approximate surface area is 123 Å². The second kappa shape index (κ2) is 5.84. The molecule has 0 heterocycles. The molecule has 0 fully saturated rings. The quantitative estimate of drug-likeness (QED) is 0.853. The third kappa shape index (κ3) is 3.03. The van der Waals surface area contributed by atoms with E-state index in [0.29, 0.717) is 16.3 Å². The zero-order valence-corrected chi connectivity index (χ0v) is 12.1. The van der Waals surface area contributed by atoms with Crippen molar-refractivity contribution in [1.82, 2.24) is 0 Å². The number of rotatable bonds is 3. The molecule has 0 saturated carbocycles. The highest BCUT2D eigenvalue weighted by Gasteiger charge is 2.12. The summed E-state index contributed by atoms with van der Waals surface area (Å²) in [4.78, 5) is 14.2. The van der Waals surface area contributed by atoms with Gasteiger partial charge >= 0.3 is 0 Å². The number of nitrogens with one attached hydrogen (secondary N) is 1. The average Bonchev–Trinajstić information content (AvgIpc) is 2.42. The van der Waals surface area contributed by atoms with Crippen molar-refractivity contribution in [3.05, 3.63) is 53.1 Å². The first kappa shape index (κ1) is 14.2. The van der Waals surface area contributed by atoms with Crippen LogP contribution in [-0.2, 0) is 0 Å². The van der Waals surface area contributed by atoms with Crippen LogP contribution in [0.1, 0.15) is 10.4 Å². The first-order chi connectivity index (χ1) is 9.49. The molecule has 0 saturated heterocycles. The summed E-state index contributed by atoms with van der Waals surface area (Å²) in [6.45, 7) is 0. The zero-order valence-electron chi connectivity index (χ0n) is 11.4. The fraction of sp³-hybridized carbons (Fsp3) is 0.133. The SMILES string of the molecule is CN(C)c1cccc(NC(=O)c2cccc(Cl)c2N)c1. The van der Waals surface area contributed by atoms with Crippen LogP contribution in [0.2, 0.25) is 5.02 Å². The van der Waals surface area contributed by atoms with Crippen LogP contribution in [-0.4, -0.2) is 20.0 Å². The molecule has 2 aromatic carbocycles. The Bertz CT molecular complexity index is 641. The summed E-state index contributed by atoms with van der Waals surface area (Å²) in [7, 11) is 3.88. The van der Waals surface area contributed by atoms with Crippen LogP contribution in [0.25, 0.3) is 0 Å². The topological polar surface area (TPSA) is 58.4 Å². The fourth-order valence-electron chi connectivity index (χ4n) is 1.80. The maximum Gasteiger partial charge on any atom is 0.257 e. The molecule has 2 aromatic rings. The predicted octanol–water partition coefficient (Wildman–Crippen LogP) is 3.24. The van der Waals surface area contributed by atoms with Gasteiger partial charge in [-0.25, -0.2) is 0 Å². The lowest BCUT2D eigenvalue weighted by Crippen LogP contribution is -2.15. The molecular formula is C15H16ClN3O. The van der Waals surface area contributed by atoms with Crippen LogP contribution in [0.3, 0.4) is 0 Å². The highest BCUT2D eigenvalue weighted by atomic mass is 35.5. The molecule has 5 heteroatoms. The first-order valence-electron chi connectivity index (χ1n) is 6.12. The van der Waals surface area contributed by atoms with Gasteiger partial charge in [-0.1, -0.05) is 23.7 Å². The summed E-state index contributed by atoms with van der Waals surface area (Å²) in [6.07, 6.45) is 0. The van der Waals surface area contributed by atoms with Gasteiger partial charge in [0.05, 0.1) is 16.3 Å². The molecule has 2 rings (SSSR count). The summed E-state index contributed by atoms with van der Waals surface area (Å²) in [6, 6.07) is 12.6. The van der Waals surface area contributed by atoms with Crippen molar-refractivity contribution in [3.8, 4) is 0 Å². The van der Waals surface area contributed by atoms with Crippen LogP contribution >= 0.6 is 11.6 Å². The lowest BCUT2D eigenvalue weighted by Gasteiger charge is -2.14. The van der Waals surface area contributed by atoms with Crippen molar-refractivity contribution in [2.75, 3.05) is 30.0 Å². The number of anilines is 3. The number of nitrogen functional groups attached to an aromatic ring is 1. The van der Waals surface area contributed by atoms with Gasteiger partial charge in [0.2, 0.25) is 0 Å². The fourth-order valence-corrected chi connectivity index (χ4v) is 1.97. The Morgan fingerprint density at radius 3 is 2.60 bits per heavy atom. The summed E-state index contributed by atoms with van der Waals surface area (Å²) >= 11 is 5.92. The van der Waals surface area contributed by atoms with E-state index in [4.69, 9.17) is 17.3 Å². The Morgan fingerprint density at radius 2 is 1.90 bits per heavy atom. The van der Waals surface area contributed by atoms with Crippen molar-refractivity contribution >= 4 is 34.6 Å². The molecule has 104 valence electrons. The predicted molar refractivity (Wildman–Crippen MR) is 84.6 cm³/mol. The number of hydrogen-bond donors (Lipinski definition) is 2. The van der Waals surface area contributed by atoms with E-state index in [9.17, 15) is 4.79 Å². The maximum absolute atomic E-state index is 12.2. The van der Waals surface area contributed by atoms with Gasteiger partial charge in [-0.3, -0.25) is 4.79 Å². The average molecular weight is 290 g/mol. The van der Waals surface area contributed by atoms with E-state index in [1.54, 1.807) is 18.2 Å². The van der Waals surface area contributed by atoms with Gasteiger partial charge in [-0.15, -0.1) is 0 Å². The Kier molecular flexibility index (Phi) is 4.15. The normalized spacial score (nSPS) is 10.2. The number of carbonyl (C=O) groups excluding carboxylic acids is 1. The van der Waals surface area contributed by atoms with Gasteiger partial charge in [-0.05, 0) is 30.3 Å². The van der Waals surface area contributed by atoms with Gasteiger partial charge in [0.15, 0.2) is 0 Å². The molecule has 1 amide bonds. The van der Waals surface area contributed by atoms with Crippen molar-refractivity contribution in [1.29, 1.82) is 0 Å². The van der Waals surface area contributed by atoms with Crippen LogP contribution in [0.15, 0.2) is 42.5 Å². The van der Waals surface area contributed by atoms with E-state index < -0.39 is 0 Å². The zero-order chi connectivity index (χ0) is 14.7. The number of nitrogens with zero attached hydrogens (tertiary/aromatic N) is 1. The lowest BCUT2D eigenvalue weighted by molar-refractivity contribution is 0.102. The number of benzene rings is 2.